The molecule has 8 heteroatoms. The van der Waals surface area contributed by atoms with E-state index in [1.165, 1.54) is 0 Å². The fourth-order valence-electron chi connectivity index (χ4n) is 0.836. The van der Waals surface area contributed by atoms with Crippen molar-refractivity contribution in [3.05, 3.63) is 0 Å². The van der Waals surface area contributed by atoms with Gasteiger partial charge in [0, 0.05) is 0 Å². The van der Waals surface area contributed by atoms with Gasteiger partial charge in [-0.25, -0.2) is 0 Å². The highest BCUT2D eigenvalue weighted by Gasteiger charge is 2.44. The van der Waals surface area contributed by atoms with Crippen LogP contribution in [0.2, 0.25) is 0 Å². The normalized spacial score (nSPS) is 25.2. The van der Waals surface area contributed by atoms with Gasteiger partial charge < -0.3 is 5.11 Å². The molecule has 0 aliphatic carbocycles. The zero-order chi connectivity index (χ0) is 9.52. The second-order valence-corrected chi connectivity index (χ2v) is 3.45. The van der Waals surface area contributed by atoms with Gasteiger partial charge >= 0.3 is 10.3 Å². The Labute approximate surface area is 67.5 Å². The lowest BCUT2D eigenvalue weighted by Gasteiger charge is -2.07. The number of imide groups is 1. The highest BCUT2D eigenvalue weighted by Crippen LogP contribution is 2.15. The van der Waals surface area contributed by atoms with Gasteiger partial charge in [0.1, 0.15) is 6.10 Å². The molecule has 0 bridgehead atoms. The van der Waals surface area contributed by atoms with Crippen molar-refractivity contribution in [1.29, 1.82) is 0 Å². The third kappa shape index (κ3) is 1.31. The summed E-state index contributed by atoms with van der Waals surface area (Å²) in [5.74, 6) is -2.45. The molecule has 1 aliphatic rings. The van der Waals surface area contributed by atoms with Crippen molar-refractivity contribution in [1.82, 2.24) is 4.31 Å². The standard InChI is InChI=1S/C4H5NO6S/c6-2-1-3(7)5(4(2)8)12(9,10)11/h2,6H,1H2,(H,9,10,11). The molecule has 0 saturated carbocycles. The third-order valence-electron chi connectivity index (χ3n) is 1.31. The summed E-state index contributed by atoms with van der Waals surface area (Å²) in [5, 5.41) is 8.71. The molecule has 2 amide bonds. The summed E-state index contributed by atoms with van der Waals surface area (Å²) in [6, 6.07) is 0. The summed E-state index contributed by atoms with van der Waals surface area (Å²) in [6.07, 6.45) is -2.28. The minimum absolute atomic E-state index is 0.350. The first kappa shape index (κ1) is 9.10. The molecular formula is C4H5NO6S. The van der Waals surface area contributed by atoms with Crippen LogP contribution in [-0.4, -0.2) is 40.3 Å². The first-order valence-corrected chi connectivity index (χ1v) is 4.26. The molecule has 0 aromatic carbocycles. The molecule has 0 aromatic heterocycles. The summed E-state index contributed by atoms with van der Waals surface area (Å²) < 4.78 is 28.6. The smallest absolute Gasteiger partial charge is 0.369 e. The molecular weight excluding hydrogens is 190 g/mol. The highest BCUT2D eigenvalue weighted by atomic mass is 32.2. The van der Waals surface area contributed by atoms with Gasteiger partial charge in [-0.15, -0.1) is 4.31 Å². The molecule has 0 aromatic rings. The lowest BCUT2D eigenvalue weighted by Crippen LogP contribution is -2.37. The summed E-state index contributed by atoms with van der Waals surface area (Å²) in [7, 11) is -4.86. The average molecular weight is 195 g/mol. The van der Waals surface area contributed by atoms with Gasteiger partial charge in [0.25, 0.3) is 5.91 Å². The Morgan fingerprint density at radius 1 is 1.42 bits per heavy atom. The maximum atomic E-state index is 10.7. The summed E-state index contributed by atoms with van der Waals surface area (Å²) in [6.45, 7) is 0. The van der Waals surface area contributed by atoms with Gasteiger partial charge in [-0.2, -0.15) is 8.42 Å². The third-order valence-corrected chi connectivity index (χ3v) is 2.16. The van der Waals surface area contributed by atoms with E-state index in [1.807, 2.05) is 0 Å². The van der Waals surface area contributed by atoms with Crippen LogP contribution in [0.1, 0.15) is 6.42 Å². The largest absolute Gasteiger partial charge is 0.383 e. The van der Waals surface area contributed by atoms with Gasteiger partial charge in [0.05, 0.1) is 6.42 Å². The number of hydrogen-bond acceptors (Lipinski definition) is 5. The minimum atomic E-state index is -4.86. The number of aliphatic hydroxyl groups is 1. The van der Waals surface area contributed by atoms with E-state index in [0.717, 1.165) is 0 Å². The van der Waals surface area contributed by atoms with Crippen molar-refractivity contribution in [3.8, 4) is 0 Å². The van der Waals surface area contributed by atoms with Crippen molar-refractivity contribution in [2.45, 2.75) is 12.5 Å². The molecule has 12 heavy (non-hydrogen) atoms. The molecule has 1 fully saturated rings. The summed E-state index contributed by atoms with van der Waals surface area (Å²) in [5.41, 5.74) is 0. The van der Waals surface area contributed by atoms with Crippen LogP contribution >= 0.6 is 0 Å². The minimum Gasteiger partial charge on any atom is -0.383 e. The number of carbonyl (C=O) groups excluding carboxylic acids is 2. The van der Waals surface area contributed by atoms with Gasteiger partial charge in [0.15, 0.2) is 0 Å². The van der Waals surface area contributed by atoms with Crippen LogP contribution in [0.4, 0.5) is 0 Å². The van der Waals surface area contributed by atoms with E-state index >= 15 is 0 Å². The molecule has 68 valence electrons. The van der Waals surface area contributed by atoms with E-state index in [-0.39, 0.29) is 4.31 Å². The maximum Gasteiger partial charge on any atom is 0.369 e. The zero-order valence-corrected chi connectivity index (χ0v) is 6.48. The Bertz CT molecular complexity index is 331. The van der Waals surface area contributed by atoms with Gasteiger partial charge in [-0.3, -0.25) is 14.1 Å². The monoisotopic (exact) mass is 195 g/mol. The molecule has 1 unspecified atom stereocenters. The molecule has 0 spiro atoms. The molecule has 1 atom stereocenters. The van der Waals surface area contributed by atoms with Crippen LogP contribution in [0.3, 0.4) is 0 Å². The topological polar surface area (TPSA) is 112 Å². The highest BCUT2D eigenvalue weighted by molar-refractivity contribution is 7.84. The Balaban J connectivity index is 3.08. The Hall–Kier alpha value is -0.990. The van der Waals surface area contributed by atoms with Crippen LogP contribution in [0.25, 0.3) is 0 Å². The first-order valence-electron chi connectivity index (χ1n) is 2.86. The lowest BCUT2D eigenvalue weighted by molar-refractivity contribution is -0.135. The van der Waals surface area contributed by atoms with Crippen molar-refractivity contribution < 1.29 is 27.7 Å². The molecule has 1 saturated heterocycles. The van der Waals surface area contributed by atoms with E-state index in [1.54, 1.807) is 0 Å². The second kappa shape index (κ2) is 2.51. The Morgan fingerprint density at radius 2 is 1.92 bits per heavy atom. The summed E-state index contributed by atoms with van der Waals surface area (Å²) >= 11 is 0. The maximum absolute atomic E-state index is 10.7. The molecule has 1 heterocycles. The number of amides is 2. The first-order chi connectivity index (χ1) is 5.34. The van der Waals surface area contributed by atoms with Crippen LogP contribution in [0.15, 0.2) is 0 Å². The fraction of sp³-hybridized carbons (Fsp3) is 0.500. The number of nitrogens with zero attached hydrogens (tertiary/aromatic N) is 1. The fourth-order valence-corrected chi connectivity index (χ4v) is 1.52. The molecule has 0 radical (unpaired) electrons. The lowest BCUT2D eigenvalue weighted by atomic mass is 10.3. The van der Waals surface area contributed by atoms with Crippen molar-refractivity contribution in [3.63, 3.8) is 0 Å². The predicted octanol–water partition coefficient (Wildman–Crippen LogP) is -2.09. The van der Waals surface area contributed by atoms with E-state index in [4.69, 9.17) is 9.66 Å². The van der Waals surface area contributed by atoms with Crippen LogP contribution < -0.4 is 0 Å². The van der Waals surface area contributed by atoms with Crippen molar-refractivity contribution >= 4 is 22.1 Å². The molecule has 7 nitrogen and oxygen atoms in total. The molecule has 1 rings (SSSR count). The van der Waals surface area contributed by atoms with E-state index < -0.39 is 34.6 Å². The quantitative estimate of drug-likeness (QED) is 0.366. The van der Waals surface area contributed by atoms with Gasteiger partial charge in [-0.05, 0) is 0 Å². The van der Waals surface area contributed by atoms with E-state index in [9.17, 15) is 18.0 Å². The molecule has 1 aliphatic heterocycles. The van der Waals surface area contributed by atoms with Gasteiger partial charge in [-0.1, -0.05) is 0 Å². The number of rotatable bonds is 1. The van der Waals surface area contributed by atoms with Crippen LogP contribution in [-0.2, 0) is 19.9 Å². The average Bonchev–Trinajstić information content (AvgIpc) is 2.05. The second-order valence-electron chi connectivity index (χ2n) is 2.19. The summed E-state index contributed by atoms with van der Waals surface area (Å²) in [4.78, 5) is 21.3. The predicted molar refractivity (Wildman–Crippen MR) is 34.0 cm³/mol. The van der Waals surface area contributed by atoms with Crippen LogP contribution in [0.5, 0.6) is 0 Å². The number of carbonyl (C=O) groups is 2. The van der Waals surface area contributed by atoms with E-state index in [2.05, 4.69) is 0 Å². The Kier molecular flexibility index (Phi) is 1.90. The Morgan fingerprint density at radius 3 is 2.08 bits per heavy atom. The number of hydrogen-bond donors (Lipinski definition) is 2. The van der Waals surface area contributed by atoms with Crippen molar-refractivity contribution in [2.24, 2.45) is 0 Å². The number of aliphatic hydroxyl groups excluding tert-OH is 1. The van der Waals surface area contributed by atoms with Crippen molar-refractivity contribution in [2.75, 3.05) is 0 Å². The molecule has 2 N–H and O–H groups in total. The van der Waals surface area contributed by atoms with Gasteiger partial charge in [0.2, 0.25) is 5.91 Å². The SMILES string of the molecule is O=C1CC(O)C(=O)N1S(=O)(=O)O. The van der Waals surface area contributed by atoms with Crippen LogP contribution in [0, 0.1) is 0 Å². The zero-order valence-electron chi connectivity index (χ0n) is 5.67. The van der Waals surface area contributed by atoms with E-state index in [0.29, 0.717) is 0 Å².